The number of fused-ring (bicyclic) bond motifs is 4. The molecule has 9 aliphatic rings. The van der Waals surface area contributed by atoms with E-state index in [-0.39, 0.29) is 108 Å². The largest absolute Gasteiger partial charge is 0.491 e. The number of hydrogen-bond donors (Lipinski definition) is 2. The molecular formula is C84H105Cl2N9O17S4. The molecule has 4 saturated carbocycles. The van der Waals surface area contributed by atoms with Gasteiger partial charge >= 0.3 is 0 Å². The van der Waals surface area contributed by atoms with Crippen LogP contribution in [0.5, 0.6) is 23.0 Å². The van der Waals surface area contributed by atoms with Crippen molar-refractivity contribution in [2.75, 3.05) is 60.3 Å². The number of methoxy groups -OCH3 is 2. The number of morpholine rings is 1. The zero-order chi connectivity index (χ0) is 82.8. The molecular weight excluding hydrogens is 1610 g/mol. The third-order valence-electron chi connectivity index (χ3n) is 24.9. The summed E-state index contributed by atoms with van der Waals surface area (Å²) in [6.45, 7) is 28.4. The highest BCUT2D eigenvalue weighted by atomic mass is 35.5. The number of nitrogens with one attached hydrogen (secondary N) is 2. The van der Waals surface area contributed by atoms with Crippen molar-refractivity contribution in [1.82, 2.24) is 44.1 Å². The van der Waals surface area contributed by atoms with E-state index in [2.05, 4.69) is 55.2 Å². The maximum Gasteiger partial charge on any atom is 0.240 e. The van der Waals surface area contributed by atoms with E-state index in [1.54, 1.807) is 28.0 Å². The Balaban J connectivity index is 0.000000191. The van der Waals surface area contributed by atoms with Crippen LogP contribution in [0.3, 0.4) is 0 Å². The SMILES string of the molecule is C=C[C@@H]1C[C@]1(CC(=O)[C@@H]1C[C@@H](Oc2cc(-c3nc(C(C)C)cs3)nc3c(Cl)c(OCC(OC)OC)ccc23)[C@H]2CCC(C(C)C)C(=O)N21)C(=O)NS(=O)(=O)C1CC1.C=C[C@@H]1C[C@]1(CC(=O)[C@@H]1C[C@@H](Oc2cc(-c3nc(C(C)C)cs3)nc3c(Cl)c(OCCN4CCOCC4)ccc23)[C@H]2CCC(C(C)C)C(=O)N21)C(=O)NS(=O)(=O)C1CC1. The van der Waals surface area contributed by atoms with Gasteiger partial charge in [0.2, 0.25) is 43.7 Å². The second-order valence-corrected chi connectivity index (χ2v) is 40.3. The fourth-order valence-electron chi connectivity index (χ4n) is 17.3. The fourth-order valence-corrected chi connectivity index (χ4v) is 22.5. The lowest BCUT2D eigenvalue weighted by Gasteiger charge is -2.40. The summed E-state index contributed by atoms with van der Waals surface area (Å²) in [6, 6.07) is 8.38. The Morgan fingerprint density at radius 1 is 0.603 bits per heavy atom. The number of thiazole rings is 2. The van der Waals surface area contributed by atoms with E-state index >= 15 is 0 Å². The zero-order valence-corrected chi connectivity index (χ0v) is 72.1. The number of rotatable bonds is 33. The number of carbonyl (C=O) groups is 6. The van der Waals surface area contributed by atoms with E-state index in [9.17, 15) is 45.6 Å². The number of aromatic nitrogens is 4. The number of sulfonamides is 2. The third-order valence-corrected chi connectivity index (χ3v) is 31.0. The average Bonchev–Trinajstić information content (AvgIpc) is 1.61. The van der Waals surface area contributed by atoms with Crippen LogP contribution in [0.15, 0.2) is 72.5 Å². The van der Waals surface area contributed by atoms with Gasteiger partial charge in [-0.2, -0.15) is 0 Å². The highest BCUT2D eigenvalue weighted by molar-refractivity contribution is 7.91. The molecule has 4 aromatic heterocycles. The Labute approximate surface area is 696 Å². The highest BCUT2D eigenvalue weighted by Gasteiger charge is 2.64. The molecule has 0 bridgehead atoms. The number of halogens is 2. The van der Waals surface area contributed by atoms with E-state index in [1.807, 2.05) is 68.8 Å². The van der Waals surface area contributed by atoms with Crippen molar-refractivity contribution in [3.8, 4) is 44.4 Å². The van der Waals surface area contributed by atoms with Crippen LogP contribution in [0.1, 0.15) is 169 Å². The van der Waals surface area contributed by atoms with Crippen molar-refractivity contribution in [3.05, 3.63) is 93.9 Å². The summed E-state index contributed by atoms with van der Waals surface area (Å²) in [4.78, 5) is 110. The maximum absolute atomic E-state index is 14.6. The summed E-state index contributed by atoms with van der Waals surface area (Å²) in [5.74, 6) is -1.05. The van der Waals surface area contributed by atoms with Crippen LogP contribution in [-0.4, -0.2) is 200 Å². The fraction of sp³-hybridized carbons (Fsp3) is 0.595. The van der Waals surface area contributed by atoms with Crippen molar-refractivity contribution in [1.29, 1.82) is 0 Å². The summed E-state index contributed by atoms with van der Waals surface area (Å²) >= 11 is 17.1. The van der Waals surface area contributed by atoms with Gasteiger partial charge in [-0.25, -0.2) is 36.8 Å². The van der Waals surface area contributed by atoms with Crippen LogP contribution in [0, 0.1) is 46.3 Å². The molecule has 32 heteroatoms. The predicted octanol–water partition coefficient (Wildman–Crippen LogP) is 13.1. The van der Waals surface area contributed by atoms with Gasteiger partial charge in [0.05, 0.1) is 81.1 Å². The van der Waals surface area contributed by atoms with Crippen molar-refractivity contribution in [2.45, 2.75) is 210 Å². The number of carbonyl (C=O) groups excluding carboxylic acids is 6. The maximum atomic E-state index is 14.6. The van der Waals surface area contributed by atoms with Gasteiger partial charge in [0.15, 0.2) is 17.9 Å². The standard InChI is InChI=1S/C43H54ClN5O8S2.C41H51ClN4O9S2/c1-6-26-21-43(26,42(52)47-59(53,54)27-7-8-27)22-34(50)33-20-37(32-11-9-28(24(2)3)41(51)49(32)33)57-36-19-30(40-46-31(23-58-40)25(4)5)45-39-29(36)10-12-35(38(39)44)56-18-15-48-13-16-55-17-14-48;1-8-23-17-41(23,40(49)45-57(50,51)24-9-10-24)18-31(47)30-16-34(29-13-11-25(21(2)3)39(48)46(29)30)55-33-15-27(38-44-28(20-56-38)22(4)5)43-37-26(33)12-14-32(36(37)42)54-19-35(52-6)53-7/h6,10,12,19,23-28,32-33,37H,1,7-9,11,13-18,20-22H2,2-5H3,(H,47,52);8,12,14-15,20-25,29-30,34-35H,1,9-11,13,16-19H2,2-7H3,(H,45,49)/t26-,28?,32-,33+,37-,43-;23-,25?,29-,30+,34-,41-/m11/s1. The second-order valence-electron chi connectivity index (χ2n) is 33.9. The monoisotopic (exact) mass is 1710 g/mol. The molecule has 0 radical (unpaired) electrons. The summed E-state index contributed by atoms with van der Waals surface area (Å²) < 4.78 is 97.9. The Morgan fingerprint density at radius 2 is 1.03 bits per heavy atom. The lowest BCUT2D eigenvalue weighted by Crippen LogP contribution is -2.54. The van der Waals surface area contributed by atoms with Crippen LogP contribution in [0.25, 0.3) is 43.2 Å². The Bertz CT molecular complexity index is 5020. The van der Waals surface area contributed by atoms with Crippen molar-refractivity contribution in [2.24, 2.45) is 46.3 Å². The number of Topliss-reactive ketones (excluding diaryl/α,β-unsaturated/α-hetero) is 2. The molecule has 626 valence electrons. The molecule has 4 aliphatic carbocycles. The van der Waals surface area contributed by atoms with Gasteiger partial charge < -0.3 is 43.0 Å². The molecule has 2 unspecified atom stereocenters. The number of ether oxygens (including phenoxy) is 7. The topological polar surface area (TPSA) is 321 Å². The summed E-state index contributed by atoms with van der Waals surface area (Å²) in [7, 11) is -4.62. The van der Waals surface area contributed by atoms with Gasteiger partial charge in [0.25, 0.3) is 0 Å². The molecule has 0 spiro atoms. The summed E-state index contributed by atoms with van der Waals surface area (Å²) in [6.07, 6.45) is 6.59. The molecule has 9 fully saturated rings. The lowest BCUT2D eigenvalue weighted by atomic mass is 9.84. The lowest BCUT2D eigenvalue weighted by molar-refractivity contribution is -0.149. The minimum absolute atomic E-state index is 0.0508. The molecule has 5 aliphatic heterocycles. The molecule has 4 amide bonds. The number of allylic oxidation sites excluding steroid dienone is 2. The van der Waals surface area contributed by atoms with Crippen LogP contribution >= 0.6 is 45.9 Å². The number of ketones is 2. The van der Waals surface area contributed by atoms with E-state index in [1.165, 1.54) is 36.9 Å². The van der Waals surface area contributed by atoms with Gasteiger partial charge in [-0.3, -0.25) is 43.1 Å². The van der Waals surface area contributed by atoms with Crippen LogP contribution in [0.4, 0.5) is 0 Å². The molecule has 9 heterocycles. The summed E-state index contributed by atoms with van der Waals surface area (Å²) in [5.41, 5.74) is 1.43. The first-order valence-corrected chi connectivity index (χ1v) is 46.1. The van der Waals surface area contributed by atoms with Gasteiger partial charge in [0, 0.05) is 105 Å². The Morgan fingerprint density at radius 3 is 1.40 bits per heavy atom. The number of benzene rings is 2. The number of piperidine rings is 2. The first-order chi connectivity index (χ1) is 55.3. The van der Waals surface area contributed by atoms with Crippen LogP contribution < -0.4 is 28.4 Å². The third kappa shape index (κ3) is 17.4. The molecule has 116 heavy (non-hydrogen) atoms. The first kappa shape index (κ1) is 85.2. The second kappa shape index (κ2) is 34.5. The van der Waals surface area contributed by atoms with Crippen molar-refractivity contribution >= 4 is 123 Å². The molecule has 6 aromatic rings. The van der Waals surface area contributed by atoms with Crippen LogP contribution in [0.2, 0.25) is 10.0 Å². The normalized spacial score (nSPS) is 26.6. The Hall–Kier alpha value is -7.26. The van der Waals surface area contributed by atoms with E-state index < -0.39 is 95.9 Å². The van der Waals surface area contributed by atoms with Gasteiger partial charge in [-0.1, -0.05) is 90.7 Å². The smallest absolute Gasteiger partial charge is 0.240 e. The first-order valence-electron chi connectivity index (χ1n) is 40.5. The van der Waals surface area contributed by atoms with Gasteiger partial charge in [-0.15, -0.1) is 35.8 Å². The minimum atomic E-state index is -3.83. The zero-order valence-electron chi connectivity index (χ0n) is 67.3. The summed E-state index contributed by atoms with van der Waals surface area (Å²) in [5, 5.41) is 6.09. The molecule has 2 N–H and O–H groups in total. The van der Waals surface area contributed by atoms with Gasteiger partial charge in [-0.05, 0) is 124 Å². The minimum Gasteiger partial charge on any atom is -0.491 e. The number of hydrogen-bond acceptors (Lipinski definition) is 24. The number of amides is 4. The molecule has 12 atom stereocenters. The van der Waals surface area contributed by atoms with E-state index in [0.717, 1.165) is 31.0 Å². The van der Waals surface area contributed by atoms with Crippen molar-refractivity contribution < 1.29 is 78.8 Å². The van der Waals surface area contributed by atoms with E-state index in [0.29, 0.717) is 155 Å². The highest BCUT2D eigenvalue weighted by Crippen LogP contribution is 2.59. The molecule has 15 rings (SSSR count). The average molecular weight is 1710 g/mol. The molecule has 2 aromatic carbocycles. The number of pyridine rings is 2. The predicted molar refractivity (Wildman–Crippen MR) is 443 cm³/mol. The molecule has 26 nitrogen and oxygen atoms in total. The van der Waals surface area contributed by atoms with Crippen LogP contribution in [-0.2, 0) is 63.0 Å². The Kier molecular flexibility index (Phi) is 25.3. The van der Waals surface area contributed by atoms with Gasteiger partial charge in [0.1, 0.15) is 79.9 Å². The number of nitrogens with zero attached hydrogens (tertiary/aromatic N) is 7. The van der Waals surface area contributed by atoms with E-state index in [4.69, 9.17) is 76.3 Å². The molecule has 5 saturated heterocycles. The van der Waals surface area contributed by atoms with Crippen molar-refractivity contribution in [3.63, 3.8) is 0 Å². The quantitative estimate of drug-likeness (QED) is 0.0285.